The lowest BCUT2D eigenvalue weighted by Crippen LogP contribution is -2.23. The molecule has 0 saturated carbocycles. The summed E-state index contributed by atoms with van der Waals surface area (Å²) in [4.78, 5) is 10.1. The molecule has 1 N–H and O–H groups in total. The number of esters is 1. The largest absolute Gasteiger partial charge is 0.501 e. The Morgan fingerprint density at radius 1 is 1.32 bits per heavy atom. The van der Waals surface area contributed by atoms with Gasteiger partial charge in [0.2, 0.25) is 5.71 Å². The number of methoxy groups -OCH3 is 1. The van der Waals surface area contributed by atoms with E-state index in [1.54, 1.807) is 0 Å². The molecule has 0 unspecified atom stereocenters. The summed E-state index contributed by atoms with van der Waals surface area (Å²) in [6.07, 6.45) is 0. The molecule has 0 atom stereocenters. The van der Waals surface area contributed by atoms with Crippen LogP contribution in [0.1, 0.15) is 0 Å². The molecule has 1 aromatic carbocycles. The SMILES string of the molecule is COC(=O)C(C#N)=NNc1ccc(S(=O)(=O)C(F)(F)F)cc1. The van der Waals surface area contributed by atoms with Crippen LogP contribution in [0.25, 0.3) is 0 Å². The van der Waals surface area contributed by atoms with Gasteiger partial charge in [-0.1, -0.05) is 0 Å². The van der Waals surface area contributed by atoms with Crippen LogP contribution >= 0.6 is 0 Å². The molecule has 0 amide bonds. The van der Waals surface area contributed by atoms with Gasteiger partial charge in [0.05, 0.1) is 17.7 Å². The lowest BCUT2D eigenvalue weighted by Gasteiger charge is -2.08. The Hall–Kier alpha value is -2.61. The van der Waals surface area contributed by atoms with Crippen molar-refractivity contribution in [1.82, 2.24) is 0 Å². The number of carbonyl (C=O) groups is 1. The third kappa shape index (κ3) is 3.73. The highest BCUT2D eigenvalue weighted by atomic mass is 32.2. The summed E-state index contributed by atoms with van der Waals surface area (Å²) in [6, 6.07) is 4.86. The normalized spacial score (nSPS) is 12.4. The number of nitrogens with zero attached hydrogens (tertiary/aromatic N) is 2. The smallest absolute Gasteiger partial charge is 0.464 e. The first kappa shape index (κ1) is 17.4. The van der Waals surface area contributed by atoms with E-state index >= 15 is 0 Å². The van der Waals surface area contributed by atoms with E-state index in [-0.39, 0.29) is 5.69 Å². The number of ether oxygens (including phenoxy) is 1. The monoisotopic (exact) mass is 335 g/mol. The number of rotatable bonds is 4. The van der Waals surface area contributed by atoms with Crippen LogP contribution < -0.4 is 5.43 Å². The van der Waals surface area contributed by atoms with E-state index in [2.05, 4.69) is 15.3 Å². The molecule has 22 heavy (non-hydrogen) atoms. The summed E-state index contributed by atoms with van der Waals surface area (Å²) in [5.41, 5.74) is -3.74. The van der Waals surface area contributed by atoms with Gasteiger partial charge in [-0.05, 0) is 24.3 Å². The molecular weight excluding hydrogens is 327 g/mol. The average molecular weight is 335 g/mol. The fraction of sp³-hybridized carbons (Fsp3) is 0.182. The fourth-order valence-corrected chi connectivity index (χ4v) is 1.94. The van der Waals surface area contributed by atoms with Gasteiger partial charge in [0, 0.05) is 0 Å². The zero-order valence-electron chi connectivity index (χ0n) is 10.9. The minimum atomic E-state index is -5.44. The quantitative estimate of drug-likeness (QED) is 0.507. The second kappa shape index (κ2) is 6.44. The van der Waals surface area contributed by atoms with Crippen molar-refractivity contribution in [2.75, 3.05) is 12.5 Å². The molecule has 1 rings (SSSR count). The maximum atomic E-state index is 12.3. The zero-order chi connectivity index (χ0) is 17.0. The topological polar surface area (TPSA) is 109 Å². The number of halogens is 3. The van der Waals surface area contributed by atoms with E-state index in [9.17, 15) is 26.4 Å². The third-order valence-corrected chi connectivity index (χ3v) is 3.75. The molecule has 0 radical (unpaired) electrons. The van der Waals surface area contributed by atoms with Crippen molar-refractivity contribution >= 4 is 27.2 Å². The molecule has 0 bridgehead atoms. The molecule has 0 saturated heterocycles. The van der Waals surface area contributed by atoms with Crippen LogP contribution in [-0.4, -0.2) is 32.7 Å². The van der Waals surface area contributed by atoms with Gasteiger partial charge in [0.25, 0.3) is 9.84 Å². The first-order valence-electron chi connectivity index (χ1n) is 5.37. The van der Waals surface area contributed by atoms with Gasteiger partial charge in [-0.25, -0.2) is 13.2 Å². The van der Waals surface area contributed by atoms with Crippen molar-refractivity contribution in [3.63, 3.8) is 0 Å². The van der Waals surface area contributed by atoms with Crippen molar-refractivity contribution in [1.29, 1.82) is 5.26 Å². The Morgan fingerprint density at radius 3 is 2.27 bits per heavy atom. The Labute approximate surface area is 122 Å². The maximum Gasteiger partial charge on any atom is 0.501 e. The number of hydrazone groups is 1. The number of sulfone groups is 1. The van der Waals surface area contributed by atoms with Crippen molar-refractivity contribution in [2.45, 2.75) is 10.4 Å². The minimum Gasteiger partial charge on any atom is -0.464 e. The van der Waals surface area contributed by atoms with Gasteiger partial charge >= 0.3 is 11.5 Å². The van der Waals surface area contributed by atoms with Crippen molar-refractivity contribution < 1.29 is 31.1 Å². The zero-order valence-corrected chi connectivity index (χ0v) is 11.7. The Balaban J connectivity index is 2.99. The predicted octanol–water partition coefficient (Wildman–Crippen LogP) is 1.44. The van der Waals surface area contributed by atoms with Crippen LogP contribution in [0.5, 0.6) is 0 Å². The van der Waals surface area contributed by atoms with Gasteiger partial charge in [-0.15, -0.1) is 0 Å². The molecule has 0 aliphatic heterocycles. The van der Waals surface area contributed by atoms with Gasteiger partial charge < -0.3 is 4.74 Å². The fourth-order valence-electron chi connectivity index (χ4n) is 1.18. The summed E-state index contributed by atoms with van der Waals surface area (Å²) >= 11 is 0. The molecule has 11 heteroatoms. The highest BCUT2D eigenvalue weighted by Gasteiger charge is 2.46. The van der Waals surface area contributed by atoms with E-state index in [1.807, 2.05) is 0 Å². The summed E-state index contributed by atoms with van der Waals surface area (Å²) in [6.45, 7) is 0. The molecule has 0 aromatic heterocycles. The highest BCUT2D eigenvalue weighted by molar-refractivity contribution is 7.92. The van der Waals surface area contributed by atoms with Crippen LogP contribution in [0, 0.1) is 11.3 Å². The minimum absolute atomic E-state index is 0.0674. The van der Waals surface area contributed by atoms with Crippen molar-refractivity contribution in [3.8, 4) is 6.07 Å². The Morgan fingerprint density at radius 2 is 1.86 bits per heavy atom. The summed E-state index contributed by atoms with van der Waals surface area (Å²) in [5.74, 6) is -1.01. The molecule has 7 nitrogen and oxygen atoms in total. The maximum absolute atomic E-state index is 12.3. The molecule has 0 heterocycles. The van der Waals surface area contributed by atoms with E-state index in [1.165, 1.54) is 6.07 Å². The molecular formula is C11H8F3N3O4S. The number of hydrogen-bond acceptors (Lipinski definition) is 7. The van der Waals surface area contributed by atoms with E-state index in [0.717, 1.165) is 19.2 Å². The van der Waals surface area contributed by atoms with Crippen LogP contribution in [0.15, 0.2) is 34.3 Å². The molecule has 0 aliphatic carbocycles. The molecule has 0 aliphatic rings. The number of hydrogen-bond donors (Lipinski definition) is 1. The Kier molecular flexibility index (Phi) is 5.10. The van der Waals surface area contributed by atoms with Crippen LogP contribution in [0.2, 0.25) is 0 Å². The number of nitriles is 1. The van der Waals surface area contributed by atoms with Crippen LogP contribution in [0.3, 0.4) is 0 Å². The van der Waals surface area contributed by atoms with Crippen molar-refractivity contribution in [2.24, 2.45) is 5.10 Å². The van der Waals surface area contributed by atoms with E-state index < -0.39 is 31.9 Å². The molecule has 0 spiro atoms. The van der Waals surface area contributed by atoms with E-state index in [0.29, 0.717) is 12.1 Å². The standard InChI is InChI=1S/C11H8F3N3O4S/c1-21-10(18)9(6-15)17-16-7-2-4-8(5-3-7)22(19,20)11(12,13)14/h2-5,16H,1H3. The number of anilines is 1. The van der Waals surface area contributed by atoms with Gasteiger partial charge in [0.15, 0.2) is 0 Å². The number of carbonyl (C=O) groups excluding carboxylic acids is 1. The van der Waals surface area contributed by atoms with Gasteiger partial charge in [0.1, 0.15) is 6.07 Å². The number of alkyl halides is 3. The molecule has 118 valence electrons. The predicted molar refractivity (Wildman–Crippen MR) is 68.4 cm³/mol. The Bertz CT molecular complexity index is 733. The first-order chi connectivity index (χ1) is 10.1. The van der Waals surface area contributed by atoms with Crippen LogP contribution in [0.4, 0.5) is 18.9 Å². The second-order valence-corrected chi connectivity index (χ2v) is 5.59. The summed E-state index contributed by atoms with van der Waals surface area (Å²) in [7, 11) is -4.40. The lowest BCUT2D eigenvalue weighted by molar-refractivity contribution is -0.132. The van der Waals surface area contributed by atoms with Crippen LogP contribution in [-0.2, 0) is 19.4 Å². The highest BCUT2D eigenvalue weighted by Crippen LogP contribution is 2.30. The van der Waals surface area contributed by atoms with Gasteiger partial charge in [-0.2, -0.15) is 23.5 Å². The summed E-state index contributed by atoms with van der Waals surface area (Å²) < 4.78 is 63.5. The van der Waals surface area contributed by atoms with Gasteiger partial charge in [-0.3, -0.25) is 5.43 Å². The van der Waals surface area contributed by atoms with E-state index in [4.69, 9.17) is 5.26 Å². The average Bonchev–Trinajstić information content (AvgIpc) is 2.46. The second-order valence-electron chi connectivity index (χ2n) is 3.65. The third-order valence-electron chi connectivity index (χ3n) is 2.25. The number of nitrogens with one attached hydrogen (secondary N) is 1. The lowest BCUT2D eigenvalue weighted by atomic mass is 10.3. The number of benzene rings is 1. The molecule has 0 fully saturated rings. The first-order valence-corrected chi connectivity index (χ1v) is 6.85. The summed E-state index contributed by atoms with van der Waals surface area (Å²) in [5, 5.41) is 12.0. The van der Waals surface area contributed by atoms with Crippen molar-refractivity contribution in [3.05, 3.63) is 24.3 Å². The molecule has 1 aromatic rings.